The van der Waals surface area contributed by atoms with Crippen LogP contribution in [0.15, 0.2) is 79.7 Å². The Hall–Kier alpha value is -5.01. The molecule has 11 nitrogen and oxygen atoms in total. The number of carbonyl (C=O) groups excluding carboxylic acids is 1. The summed E-state index contributed by atoms with van der Waals surface area (Å²) in [7, 11) is 0. The van der Waals surface area contributed by atoms with Crippen molar-refractivity contribution in [3.63, 3.8) is 0 Å². The van der Waals surface area contributed by atoms with Gasteiger partial charge in [0.2, 0.25) is 0 Å². The second kappa shape index (κ2) is 10.8. The molecule has 0 atom stereocenters. The van der Waals surface area contributed by atoms with Gasteiger partial charge in [-0.15, -0.1) is 0 Å². The van der Waals surface area contributed by atoms with Crippen molar-refractivity contribution >= 4 is 38.7 Å². The van der Waals surface area contributed by atoms with E-state index in [0.717, 1.165) is 22.7 Å². The zero-order valence-electron chi connectivity index (χ0n) is 22.5. The number of aryl methyl sites for hydroxylation is 2. The van der Waals surface area contributed by atoms with Crippen molar-refractivity contribution in [1.82, 2.24) is 19.1 Å². The van der Waals surface area contributed by atoms with Crippen molar-refractivity contribution in [3.05, 3.63) is 93.2 Å². The summed E-state index contributed by atoms with van der Waals surface area (Å²) in [5, 5.41) is 0.408. The van der Waals surface area contributed by atoms with Gasteiger partial charge in [-0.2, -0.15) is 0 Å². The molecule has 0 saturated carbocycles. The van der Waals surface area contributed by atoms with Gasteiger partial charge in [-0.05, 0) is 50.2 Å². The fourth-order valence-electron chi connectivity index (χ4n) is 4.78. The Kier molecular flexibility index (Phi) is 6.96. The smallest absolute Gasteiger partial charge is 0.260 e. The Labute approximate surface area is 246 Å². The lowest BCUT2D eigenvalue weighted by Crippen LogP contribution is -2.26. The maximum atomic E-state index is 14.5. The van der Waals surface area contributed by atoms with Crippen molar-refractivity contribution in [1.29, 1.82) is 0 Å². The minimum Gasteiger partial charge on any atom is -0.463 e. The van der Waals surface area contributed by atoms with E-state index in [1.54, 1.807) is 48.8 Å². The summed E-state index contributed by atoms with van der Waals surface area (Å²) in [4.78, 5) is 51.8. The molecule has 0 radical (unpaired) electrons. The number of rotatable bonds is 8. The van der Waals surface area contributed by atoms with Crippen LogP contribution < -0.4 is 22.6 Å². The Morgan fingerprint density at radius 3 is 1.55 bits per heavy atom. The molecule has 6 aromatic heterocycles. The molecule has 0 fully saturated rings. The van der Waals surface area contributed by atoms with Gasteiger partial charge in [0.25, 0.3) is 11.1 Å². The van der Waals surface area contributed by atoms with Crippen LogP contribution >= 0.6 is 22.7 Å². The third-order valence-electron chi connectivity index (χ3n) is 6.75. The van der Waals surface area contributed by atoms with E-state index >= 15 is 0 Å². The molecular weight excluding hydrogens is 576 g/mol. The lowest BCUT2D eigenvalue weighted by atomic mass is 9.94. The monoisotopic (exact) mass is 600 g/mol. The molecule has 0 aromatic carbocycles. The van der Waals surface area contributed by atoms with E-state index in [1.165, 1.54) is 21.7 Å². The number of ketones is 1. The third-order valence-corrected chi connectivity index (χ3v) is 8.56. The molecule has 0 bridgehead atoms. The number of carbonyl (C=O) groups is 1. The van der Waals surface area contributed by atoms with Crippen LogP contribution in [0.25, 0.3) is 43.8 Å². The van der Waals surface area contributed by atoms with Crippen LogP contribution in [-0.4, -0.2) is 24.9 Å². The van der Waals surface area contributed by atoms with Crippen molar-refractivity contribution in [2.75, 3.05) is 11.5 Å². The van der Waals surface area contributed by atoms with Crippen LogP contribution in [0.4, 0.5) is 10.3 Å². The number of anilines is 2. The summed E-state index contributed by atoms with van der Waals surface area (Å²) in [6, 6.07) is 9.95. The highest BCUT2D eigenvalue weighted by Crippen LogP contribution is 2.41. The summed E-state index contributed by atoms with van der Waals surface area (Å²) in [6.45, 7) is 4.40. The highest BCUT2D eigenvalue weighted by molar-refractivity contribution is 7.19. The van der Waals surface area contributed by atoms with E-state index in [-0.39, 0.29) is 32.5 Å². The number of hydrogen-bond acceptors (Lipinski definition) is 11. The standard InChI is InChI=1S/C29H24N6O5S2/c1-3-34-11-9-15(19(26(34)37)24-21(32-28(30)41-24)17-7-5-13-39-17)23(36)16-10-12-35(4-2)27(38)20(16)25-22(33-29(31)42-25)18-8-6-14-40-18/h5-14H,3-4H2,1-2H3,(H2,30,32)(H2,31,33). The minimum atomic E-state index is -0.532. The van der Waals surface area contributed by atoms with E-state index in [4.69, 9.17) is 20.3 Å². The molecule has 13 heteroatoms. The van der Waals surface area contributed by atoms with Gasteiger partial charge >= 0.3 is 0 Å². The van der Waals surface area contributed by atoms with Gasteiger partial charge < -0.3 is 29.4 Å². The molecule has 212 valence electrons. The van der Waals surface area contributed by atoms with E-state index in [1.807, 2.05) is 13.8 Å². The number of nitrogen functional groups attached to an aromatic ring is 2. The molecule has 0 aliphatic heterocycles. The van der Waals surface area contributed by atoms with Gasteiger partial charge in [-0.25, -0.2) is 9.97 Å². The SMILES string of the molecule is CCn1ccc(C(=O)c2ccn(CC)c(=O)c2-c2sc(N)nc2-c2ccco2)c(-c2sc(N)nc2-c2ccco2)c1=O. The number of nitrogens with zero attached hydrogens (tertiary/aromatic N) is 4. The zero-order valence-corrected chi connectivity index (χ0v) is 24.1. The summed E-state index contributed by atoms with van der Waals surface area (Å²) in [6.07, 6.45) is 6.09. The Balaban J connectivity index is 1.63. The Morgan fingerprint density at radius 1 is 0.762 bits per heavy atom. The number of hydrogen-bond donors (Lipinski definition) is 2. The van der Waals surface area contributed by atoms with Gasteiger partial charge in [0.1, 0.15) is 11.4 Å². The zero-order chi connectivity index (χ0) is 29.5. The summed E-state index contributed by atoms with van der Waals surface area (Å²) < 4.78 is 14.1. The molecule has 4 N–H and O–H groups in total. The van der Waals surface area contributed by atoms with Crippen molar-refractivity contribution < 1.29 is 13.6 Å². The Bertz CT molecular complexity index is 1900. The average Bonchev–Trinajstić information content (AvgIpc) is 3.80. The number of thiazole rings is 2. The van der Waals surface area contributed by atoms with E-state index in [2.05, 4.69) is 9.97 Å². The second-order valence-electron chi connectivity index (χ2n) is 9.13. The van der Waals surface area contributed by atoms with Crippen molar-refractivity contribution in [3.8, 4) is 43.8 Å². The predicted molar refractivity (Wildman–Crippen MR) is 163 cm³/mol. The van der Waals surface area contributed by atoms with Crippen LogP contribution in [0.3, 0.4) is 0 Å². The second-order valence-corrected chi connectivity index (χ2v) is 11.2. The molecule has 6 heterocycles. The first-order chi connectivity index (χ1) is 20.3. The van der Waals surface area contributed by atoms with Crippen LogP contribution in [0.2, 0.25) is 0 Å². The van der Waals surface area contributed by atoms with Gasteiger partial charge in [0, 0.05) is 36.6 Å². The fourth-order valence-corrected chi connectivity index (χ4v) is 6.56. The molecule has 0 aliphatic carbocycles. The first-order valence-corrected chi connectivity index (χ1v) is 14.6. The molecule has 0 aliphatic rings. The van der Waals surface area contributed by atoms with Gasteiger partial charge in [0.15, 0.2) is 27.6 Å². The summed E-state index contributed by atoms with van der Waals surface area (Å²) >= 11 is 2.16. The first kappa shape index (κ1) is 27.2. The predicted octanol–water partition coefficient (Wildman–Crippen LogP) is 5.21. The molecule has 0 amide bonds. The number of furan rings is 2. The summed E-state index contributed by atoms with van der Waals surface area (Å²) in [5.74, 6) is 0.268. The first-order valence-electron chi connectivity index (χ1n) is 12.9. The van der Waals surface area contributed by atoms with E-state index in [0.29, 0.717) is 45.8 Å². The maximum absolute atomic E-state index is 14.5. The minimum absolute atomic E-state index is 0.0908. The van der Waals surface area contributed by atoms with Crippen LogP contribution in [0, 0.1) is 0 Å². The Morgan fingerprint density at radius 2 is 1.19 bits per heavy atom. The fraction of sp³-hybridized carbons (Fsp3) is 0.138. The highest BCUT2D eigenvalue weighted by Gasteiger charge is 2.30. The van der Waals surface area contributed by atoms with Crippen molar-refractivity contribution in [2.24, 2.45) is 0 Å². The van der Waals surface area contributed by atoms with Crippen LogP contribution in [-0.2, 0) is 13.1 Å². The lowest BCUT2D eigenvalue weighted by Gasteiger charge is -2.14. The van der Waals surface area contributed by atoms with E-state index < -0.39 is 16.9 Å². The molecule has 42 heavy (non-hydrogen) atoms. The quantitative estimate of drug-likeness (QED) is 0.223. The van der Waals surface area contributed by atoms with Crippen LogP contribution in [0.5, 0.6) is 0 Å². The lowest BCUT2D eigenvalue weighted by molar-refractivity contribution is 0.103. The largest absolute Gasteiger partial charge is 0.463 e. The molecule has 0 unspecified atom stereocenters. The topological polar surface area (TPSA) is 165 Å². The van der Waals surface area contributed by atoms with Crippen molar-refractivity contribution in [2.45, 2.75) is 26.9 Å². The van der Waals surface area contributed by atoms with Gasteiger partial charge in [-0.3, -0.25) is 14.4 Å². The number of nitrogens with two attached hydrogens (primary N) is 2. The molecule has 6 aromatic rings. The maximum Gasteiger partial charge on any atom is 0.260 e. The van der Waals surface area contributed by atoms with Gasteiger partial charge in [-0.1, -0.05) is 22.7 Å². The normalized spacial score (nSPS) is 11.3. The molecule has 0 saturated heterocycles. The number of pyridine rings is 2. The van der Waals surface area contributed by atoms with E-state index in [9.17, 15) is 14.4 Å². The van der Waals surface area contributed by atoms with Crippen LogP contribution in [0.1, 0.15) is 29.8 Å². The number of aromatic nitrogens is 4. The molecule has 6 rings (SSSR count). The molecule has 0 spiro atoms. The van der Waals surface area contributed by atoms with Gasteiger partial charge in [0.05, 0.1) is 33.4 Å². The third kappa shape index (κ3) is 4.48. The summed E-state index contributed by atoms with van der Waals surface area (Å²) in [5.41, 5.74) is 12.5. The molecular formula is C29H24N6O5S2. The highest BCUT2D eigenvalue weighted by atomic mass is 32.1. The average molecular weight is 601 g/mol.